The van der Waals surface area contributed by atoms with Crippen molar-refractivity contribution in [3.8, 4) is 0 Å². The molecular weight excluding hydrogens is 323 g/mol. The fourth-order valence-electron chi connectivity index (χ4n) is 2.38. The highest BCUT2D eigenvalue weighted by Crippen LogP contribution is 2.20. The van der Waals surface area contributed by atoms with Gasteiger partial charge in [0.25, 0.3) is 0 Å². The molecule has 0 radical (unpaired) electrons. The molecule has 0 saturated carbocycles. The van der Waals surface area contributed by atoms with Crippen LogP contribution >= 0.6 is 0 Å². The highest BCUT2D eigenvalue weighted by atomic mass is 19.1. The Morgan fingerprint density at radius 3 is 2.48 bits per heavy atom. The highest BCUT2D eigenvalue weighted by Gasteiger charge is 2.22. The molecule has 1 aromatic carbocycles. The number of hydrogen-bond acceptors (Lipinski definition) is 3. The van der Waals surface area contributed by atoms with Gasteiger partial charge in [0.2, 0.25) is 5.91 Å². The van der Waals surface area contributed by atoms with Crippen LogP contribution in [0.4, 0.5) is 9.18 Å². The number of nitrogens with one attached hydrogen (secondary N) is 2. The molecule has 3 amide bonds. The average molecular weight is 344 g/mol. The Bertz CT molecular complexity index is 737. The molecule has 0 aliphatic rings. The Labute approximate surface area is 146 Å². The van der Waals surface area contributed by atoms with Gasteiger partial charge in [-0.25, -0.2) is 9.18 Å². The summed E-state index contributed by atoms with van der Waals surface area (Å²) in [5, 5.41) is 5.33. The van der Waals surface area contributed by atoms with Gasteiger partial charge in [-0.1, -0.05) is 18.2 Å². The zero-order chi connectivity index (χ0) is 18.4. The number of rotatable bonds is 5. The van der Waals surface area contributed by atoms with Crippen molar-refractivity contribution in [3.63, 3.8) is 0 Å². The quantitative estimate of drug-likeness (QED) is 0.872. The van der Waals surface area contributed by atoms with E-state index in [1.165, 1.54) is 17.0 Å². The summed E-state index contributed by atoms with van der Waals surface area (Å²) >= 11 is 0. The summed E-state index contributed by atoms with van der Waals surface area (Å²) in [6.07, 6.45) is 1.60. The second kappa shape index (κ2) is 8.23. The van der Waals surface area contributed by atoms with Crippen LogP contribution in [0.1, 0.15) is 24.2 Å². The number of urea groups is 1. The van der Waals surface area contributed by atoms with Gasteiger partial charge in [-0.2, -0.15) is 0 Å². The maximum absolute atomic E-state index is 13.6. The van der Waals surface area contributed by atoms with Crippen LogP contribution in [0.5, 0.6) is 0 Å². The normalized spacial score (nSPS) is 12.8. The van der Waals surface area contributed by atoms with E-state index in [2.05, 4.69) is 15.6 Å². The maximum Gasteiger partial charge on any atom is 0.316 e. The van der Waals surface area contributed by atoms with E-state index in [9.17, 15) is 14.0 Å². The van der Waals surface area contributed by atoms with Crippen LogP contribution in [-0.2, 0) is 4.79 Å². The van der Waals surface area contributed by atoms with Crippen molar-refractivity contribution < 1.29 is 14.0 Å². The number of nitrogens with zero attached hydrogens (tertiary/aromatic N) is 2. The van der Waals surface area contributed by atoms with Gasteiger partial charge in [0, 0.05) is 20.3 Å². The third-order valence-electron chi connectivity index (χ3n) is 3.60. The van der Waals surface area contributed by atoms with E-state index in [4.69, 9.17) is 0 Å². The minimum atomic E-state index is -0.688. The lowest BCUT2D eigenvalue weighted by atomic mass is 10.0. The number of halogens is 1. The standard InChI is InChI=1S/C18H21FN4O2/c1-12(17(24)23(2)3)21-18(25)22-16(15-9-4-5-10-20-15)13-7-6-8-14(19)11-13/h4-12,16H,1-3H3,(H2,21,22,25)/t12-,16-/m0/s1. The Hall–Kier alpha value is -2.96. The summed E-state index contributed by atoms with van der Waals surface area (Å²) in [5.41, 5.74) is 1.12. The number of amides is 3. The van der Waals surface area contributed by atoms with Crippen molar-refractivity contribution in [3.05, 3.63) is 65.7 Å². The predicted octanol–water partition coefficient (Wildman–Crippen LogP) is 2.09. The summed E-state index contributed by atoms with van der Waals surface area (Å²) in [6.45, 7) is 1.60. The lowest BCUT2D eigenvalue weighted by molar-refractivity contribution is -0.130. The van der Waals surface area contributed by atoms with Gasteiger partial charge in [-0.05, 0) is 36.8 Å². The van der Waals surface area contributed by atoms with E-state index >= 15 is 0 Å². The molecule has 132 valence electrons. The molecule has 25 heavy (non-hydrogen) atoms. The van der Waals surface area contributed by atoms with E-state index < -0.39 is 23.9 Å². The molecule has 1 aromatic heterocycles. The van der Waals surface area contributed by atoms with Gasteiger partial charge < -0.3 is 15.5 Å². The highest BCUT2D eigenvalue weighted by molar-refractivity contribution is 5.86. The van der Waals surface area contributed by atoms with Crippen molar-refractivity contribution in [1.29, 1.82) is 0 Å². The van der Waals surface area contributed by atoms with Gasteiger partial charge in [0.05, 0.1) is 11.7 Å². The lowest BCUT2D eigenvalue weighted by Gasteiger charge is -2.22. The maximum atomic E-state index is 13.6. The van der Waals surface area contributed by atoms with Crippen LogP contribution in [0.3, 0.4) is 0 Å². The molecule has 0 fully saturated rings. The SMILES string of the molecule is C[C@H](NC(=O)N[C@@H](c1cccc(F)c1)c1ccccn1)C(=O)N(C)C. The molecule has 1 heterocycles. The first-order valence-electron chi connectivity index (χ1n) is 7.83. The van der Waals surface area contributed by atoms with Crippen LogP contribution in [0.25, 0.3) is 0 Å². The Morgan fingerprint density at radius 1 is 1.12 bits per heavy atom. The van der Waals surface area contributed by atoms with Crippen molar-refractivity contribution in [1.82, 2.24) is 20.5 Å². The minimum Gasteiger partial charge on any atom is -0.347 e. The number of likely N-dealkylation sites (N-methyl/N-ethyl adjacent to an activating group) is 1. The molecule has 2 aromatic rings. The summed E-state index contributed by atoms with van der Waals surface area (Å²) in [6, 6.07) is 9.36. The minimum absolute atomic E-state index is 0.227. The predicted molar refractivity (Wildman–Crippen MR) is 92.3 cm³/mol. The second-order valence-electron chi connectivity index (χ2n) is 5.81. The molecule has 0 saturated heterocycles. The molecular formula is C18H21FN4O2. The van der Waals surface area contributed by atoms with Crippen LogP contribution in [0.2, 0.25) is 0 Å². The molecule has 0 aliphatic carbocycles. The smallest absolute Gasteiger partial charge is 0.316 e. The van der Waals surface area contributed by atoms with Gasteiger partial charge in [0.15, 0.2) is 0 Å². The van der Waals surface area contributed by atoms with Crippen molar-refractivity contribution >= 4 is 11.9 Å². The molecule has 6 nitrogen and oxygen atoms in total. The molecule has 7 heteroatoms. The number of carbonyl (C=O) groups is 2. The third kappa shape index (κ3) is 5.00. The molecule has 2 N–H and O–H groups in total. The topological polar surface area (TPSA) is 74.3 Å². The first kappa shape index (κ1) is 18.4. The van der Waals surface area contributed by atoms with E-state index in [0.29, 0.717) is 11.3 Å². The zero-order valence-corrected chi connectivity index (χ0v) is 14.4. The van der Waals surface area contributed by atoms with Crippen molar-refractivity contribution in [2.75, 3.05) is 14.1 Å². The largest absolute Gasteiger partial charge is 0.347 e. The van der Waals surface area contributed by atoms with Crippen molar-refractivity contribution in [2.24, 2.45) is 0 Å². The van der Waals surface area contributed by atoms with Crippen LogP contribution in [0.15, 0.2) is 48.7 Å². The number of pyridine rings is 1. The van der Waals surface area contributed by atoms with Crippen LogP contribution in [-0.4, -0.2) is 42.0 Å². The molecule has 2 rings (SSSR count). The molecule has 0 bridgehead atoms. The molecule has 0 aliphatic heterocycles. The number of hydrogen-bond donors (Lipinski definition) is 2. The van der Waals surface area contributed by atoms with E-state index in [0.717, 1.165) is 0 Å². The summed E-state index contributed by atoms with van der Waals surface area (Å²) in [5.74, 6) is -0.632. The van der Waals surface area contributed by atoms with E-state index in [1.807, 2.05) is 0 Å². The molecule has 0 spiro atoms. The average Bonchev–Trinajstić information content (AvgIpc) is 2.59. The number of benzene rings is 1. The van der Waals surface area contributed by atoms with Gasteiger partial charge >= 0.3 is 6.03 Å². The number of aromatic nitrogens is 1. The van der Waals surface area contributed by atoms with E-state index in [1.54, 1.807) is 57.5 Å². The second-order valence-corrected chi connectivity index (χ2v) is 5.81. The number of carbonyl (C=O) groups excluding carboxylic acids is 2. The van der Waals surface area contributed by atoms with Crippen molar-refractivity contribution in [2.45, 2.75) is 19.0 Å². The third-order valence-corrected chi connectivity index (χ3v) is 3.60. The molecule has 0 unspecified atom stereocenters. The fraction of sp³-hybridized carbons (Fsp3) is 0.278. The van der Waals surface area contributed by atoms with Crippen LogP contribution in [0, 0.1) is 5.82 Å². The summed E-state index contributed by atoms with van der Waals surface area (Å²) in [4.78, 5) is 29.8. The van der Waals surface area contributed by atoms with Crippen LogP contribution < -0.4 is 10.6 Å². The zero-order valence-electron chi connectivity index (χ0n) is 14.4. The van der Waals surface area contributed by atoms with E-state index in [-0.39, 0.29) is 5.91 Å². The first-order valence-corrected chi connectivity index (χ1v) is 7.83. The monoisotopic (exact) mass is 344 g/mol. The van der Waals surface area contributed by atoms with Gasteiger partial charge in [-0.3, -0.25) is 9.78 Å². The Balaban J connectivity index is 2.20. The molecule has 2 atom stereocenters. The Kier molecular flexibility index (Phi) is 6.05. The first-order chi connectivity index (χ1) is 11.9. The Morgan fingerprint density at radius 2 is 1.88 bits per heavy atom. The van der Waals surface area contributed by atoms with Gasteiger partial charge in [0.1, 0.15) is 11.9 Å². The fourth-order valence-corrected chi connectivity index (χ4v) is 2.38. The lowest BCUT2D eigenvalue weighted by Crippen LogP contribution is -2.49. The summed E-state index contributed by atoms with van der Waals surface area (Å²) in [7, 11) is 3.23. The summed E-state index contributed by atoms with van der Waals surface area (Å²) < 4.78 is 13.6. The van der Waals surface area contributed by atoms with Gasteiger partial charge in [-0.15, -0.1) is 0 Å².